The molecule has 2 heterocycles. The van der Waals surface area contributed by atoms with Crippen LogP contribution in [0.25, 0.3) is 22.1 Å². The van der Waals surface area contributed by atoms with Gasteiger partial charge in [-0.1, -0.05) is 36.1 Å². The van der Waals surface area contributed by atoms with Crippen LogP contribution in [0.3, 0.4) is 0 Å². The first kappa shape index (κ1) is 21.3. The number of nitrogens with two attached hydrogens (primary N) is 2. The lowest BCUT2D eigenvalue weighted by atomic mass is 10.2. The van der Waals surface area contributed by atoms with Gasteiger partial charge >= 0.3 is 0 Å². The number of benzene rings is 2. The summed E-state index contributed by atoms with van der Waals surface area (Å²) in [5.41, 5.74) is 4.41. The van der Waals surface area contributed by atoms with Gasteiger partial charge in [0, 0.05) is 26.7 Å². The van der Waals surface area contributed by atoms with Crippen LogP contribution in [0.15, 0.2) is 48.5 Å². The Balaban J connectivity index is 1.25. The maximum atomic E-state index is 6.16. The Morgan fingerprint density at radius 3 is 1.53 bits per heavy atom. The van der Waals surface area contributed by atoms with Crippen LogP contribution in [0.4, 0.5) is 0 Å². The van der Waals surface area contributed by atoms with E-state index < -0.39 is 0 Å². The first-order valence-electron chi connectivity index (χ1n) is 11.0. The number of fused-ring (bicyclic) bond motifs is 2. The van der Waals surface area contributed by atoms with Crippen molar-refractivity contribution in [1.82, 2.24) is 9.35 Å². The van der Waals surface area contributed by atoms with Crippen molar-refractivity contribution >= 4 is 22.1 Å². The van der Waals surface area contributed by atoms with Gasteiger partial charge in [-0.05, 0) is 48.9 Å². The SMILES string of the molecule is Cc1n(N)c2ccccc2[n+]1CCCC#CC#CCCC[n+]1c(C)n(N)c2ccccc21. The molecule has 0 radical (unpaired) electrons. The fraction of sp³-hybridized carbons (Fsp3) is 0.308. The maximum absolute atomic E-state index is 6.16. The summed E-state index contributed by atoms with van der Waals surface area (Å²) in [5, 5.41) is 0. The molecule has 0 bridgehead atoms. The summed E-state index contributed by atoms with van der Waals surface area (Å²) in [4.78, 5) is 0. The smallest absolute Gasteiger partial charge is 0.268 e. The van der Waals surface area contributed by atoms with Crippen LogP contribution in [-0.4, -0.2) is 9.35 Å². The molecule has 6 nitrogen and oxygen atoms in total. The summed E-state index contributed by atoms with van der Waals surface area (Å²) in [7, 11) is 0. The highest BCUT2D eigenvalue weighted by molar-refractivity contribution is 5.72. The number of hydrogen-bond donors (Lipinski definition) is 2. The lowest BCUT2D eigenvalue weighted by Gasteiger charge is -1.97. The number of nitrogen functional groups attached to an aromatic ring is 2. The van der Waals surface area contributed by atoms with Gasteiger partial charge in [0.05, 0.1) is 13.1 Å². The molecule has 4 N–H and O–H groups in total. The molecule has 2 aromatic heterocycles. The minimum atomic E-state index is 0.816. The molecule has 2 aromatic carbocycles. The molecule has 0 aliphatic rings. The zero-order valence-corrected chi connectivity index (χ0v) is 18.8. The molecule has 0 saturated heterocycles. The molecule has 0 saturated carbocycles. The van der Waals surface area contributed by atoms with Gasteiger partial charge in [-0.15, -0.1) is 9.35 Å². The molecule has 0 unspecified atom stereocenters. The van der Waals surface area contributed by atoms with E-state index in [1.807, 2.05) is 50.2 Å². The van der Waals surface area contributed by atoms with Crippen LogP contribution < -0.4 is 20.8 Å². The summed E-state index contributed by atoms with van der Waals surface area (Å²) in [6.07, 6.45) is 3.56. The molecule has 4 rings (SSSR count). The largest absolute Gasteiger partial charge is 0.277 e. The molecule has 6 heteroatoms. The minimum Gasteiger partial charge on any atom is -0.268 e. The standard InChI is InChI=1S/C26H30N6/c1-21-29(23-15-9-11-17-25(23)31(21)27)19-13-7-5-3-4-6-8-14-20-30-22(2)32(28)26-18-12-10-16-24(26)30/h9-12,15-18H,7-8,13-14,19-20,27-28H2,1-2H3/q+2. The van der Waals surface area contributed by atoms with Gasteiger partial charge in [0.1, 0.15) is 0 Å². The van der Waals surface area contributed by atoms with Gasteiger partial charge < -0.3 is 0 Å². The predicted octanol–water partition coefficient (Wildman–Crippen LogP) is 2.48. The lowest BCUT2D eigenvalue weighted by molar-refractivity contribution is -0.678. The summed E-state index contributed by atoms with van der Waals surface area (Å²) in [6.45, 7) is 5.87. The van der Waals surface area contributed by atoms with E-state index in [1.54, 1.807) is 9.35 Å². The monoisotopic (exact) mass is 426 g/mol. The third-order valence-electron chi connectivity index (χ3n) is 5.95. The molecule has 0 aliphatic heterocycles. The second-order valence-corrected chi connectivity index (χ2v) is 7.93. The lowest BCUT2D eigenvalue weighted by Crippen LogP contribution is -2.37. The summed E-state index contributed by atoms with van der Waals surface area (Å²) in [6, 6.07) is 16.4. The number of imidazole rings is 2. The topological polar surface area (TPSA) is 69.7 Å². The van der Waals surface area contributed by atoms with Crippen molar-refractivity contribution in [3.8, 4) is 23.7 Å². The second kappa shape index (κ2) is 9.49. The van der Waals surface area contributed by atoms with Crippen molar-refractivity contribution in [1.29, 1.82) is 0 Å². The molecule has 0 atom stereocenters. The summed E-state index contributed by atoms with van der Waals surface area (Å²) < 4.78 is 8.00. The number of rotatable bonds is 6. The third kappa shape index (κ3) is 4.13. The van der Waals surface area contributed by atoms with Crippen LogP contribution in [0.1, 0.15) is 37.3 Å². The zero-order valence-electron chi connectivity index (χ0n) is 18.8. The molecular weight excluding hydrogens is 396 g/mol. The molecule has 4 aromatic rings. The van der Waals surface area contributed by atoms with E-state index in [1.165, 1.54) is 0 Å². The first-order chi connectivity index (χ1) is 15.6. The number of nitrogens with zero attached hydrogens (tertiary/aromatic N) is 4. The van der Waals surface area contributed by atoms with Crippen molar-refractivity contribution in [3.63, 3.8) is 0 Å². The van der Waals surface area contributed by atoms with Crippen molar-refractivity contribution in [2.24, 2.45) is 0 Å². The Morgan fingerprint density at radius 1 is 0.688 bits per heavy atom. The number of para-hydroxylation sites is 4. The Hall–Kier alpha value is -3.90. The van der Waals surface area contributed by atoms with Crippen molar-refractivity contribution in [2.45, 2.75) is 52.6 Å². The van der Waals surface area contributed by atoms with E-state index in [0.29, 0.717) is 0 Å². The van der Waals surface area contributed by atoms with Gasteiger partial charge in [0.15, 0.2) is 22.1 Å². The van der Waals surface area contributed by atoms with Crippen LogP contribution in [0.5, 0.6) is 0 Å². The zero-order chi connectivity index (χ0) is 22.5. The Labute approximate surface area is 189 Å². The van der Waals surface area contributed by atoms with Crippen LogP contribution in [0.2, 0.25) is 0 Å². The average molecular weight is 427 g/mol. The maximum Gasteiger partial charge on any atom is 0.277 e. The van der Waals surface area contributed by atoms with E-state index in [9.17, 15) is 0 Å². The number of aromatic nitrogens is 4. The van der Waals surface area contributed by atoms with E-state index in [2.05, 4.69) is 44.9 Å². The number of unbranched alkanes of at least 4 members (excludes halogenated alkanes) is 2. The van der Waals surface area contributed by atoms with Gasteiger partial charge in [0.2, 0.25) is 0 Å². The first-order valence-corrected chi connectivity index (χ1v) is 11.0. The normalized spacial score (nSPS) is 10.7. The second-order valence-electron chi connectivity index (χ2n) is 7.93. The summed E-state index contributed by atoms with van der Waals surface area (Å²) in [5.74, 6) is 26.8. The van der Waals surface area contributed by atoms with Crippen LogP contribution in [-0.2, 0) is 13.1 Å². The molecule has 0 amide bonds. The van der Waals surface area contributed by atoms with Gasteiger partial charge in [-0.2, -0.15) is 0 Å². The molecular formula is C26H30N6+2. The molecule has 0 fully saturated rings. The molecule has 0 spiro atoms. The van der Waals surface area contributed by atoms with Crippen molar-refractivity contribution in [2.75, 3.05) is 11.7 Å². The highest BCUT2D eigenvalue weighted by Gasteiger charge is 2.19. The van der Waals surface area contributed by atoms with E-state index in [0.717, 1.165) is 72.5 Å². The van der Waals surface area contributed by atoms with Crippen LogP contribution >= 0.6 is 0 Å². The highest BCUT2D eigenvalue weighted by atomic mass is 15.4. The predicted molar refractivity (Wildman–Crippen MR) is 128 cm³/mol. The van der Waals surface area contributed by atoms with E-state index >= 15 is 0 Å². The Bertz CT molecular complexity index is 1280. The van der Waals surface area contributed by atoms with Gasteiger partial charge in [0.25, 0.3) is 11.6 Å². The number of aryl methyl sites for hydroxylation is 2. The fourth-order valence-corrected chi connectivity index (χ4v) is 4.18. The minimum absolute atomic E-state index is 0.816. The Morgan fingerprint density at radius 2 is 1.09 bits per heavy atom. The summed E-state index contributed by atoms with van der Waals surface area (Å²) >= 11 is 0. The average Bonchev–Trinajstić information content (AvgIpc) is 3.20. The van der Waals surface area contributed by atoms with Crippen molar-refractivity contribution in [3.05, 3.63) is 60.2 Å². The fourth-order valence-electron chi connectivity index (χ4n) is 4.18. The molecule has 32 heavy (non-hydrogen) atoms. The molecule has 162 valence electrons. The van der Waals surface area contributed by atoms with Gasteiger partial charge in [-0.25, -0.2) is 9.13 Å². The third-order valence-corrected chi connectivity index (χ3v) is 5.95. The molecule has 0 aliphatic carbocycles. The Kier molecular flexibility index (Phi) is 6.33. The van der Waals surface area contributed by atoms with E-state index in [4.69, 9.17) is 11.7 Å². The quantitative estimate of drug-likeness (QED) is 0.215. The van der Waals surface area contributed by atoms with E-state index in [-0.39, 0.29) is 0 Å². The van der Waals surface area contributed by atoms with Crippen LogP contribution in [0, 0.1) is 37.5 Å². The van der Waals surface area contributed by atoms with Gasteiger partial charge in [-0.3, -0.25) is 11.7 Å². The number of hydrogen-bond acceptors (Lipinski definition) is 2. The van der Waals surface area contributed by atoms with Crippen molar-refractivity contribution < 1.29 is 9.13 Å². The highest BCUT2D eigenvalue weighted by Crippen LogP contribution is 2.12.